The normalized spacial score (nSPS) is 29.0. The molecular weight excluding hydrogens is 272 g/mol. The van der Waals surface area contributed by atoms with Crippen molar-refractivity contribution in [3.8, 4) is 0 Å². The molecule has 0 bridgehead atoms. The van der Waals surface area contributed by atoms with E-state index in [1.807, 2.05) is 0 Å². The zero-order valence-electron chi connectivity index (χ0n) is 12.6. The van der Waals surface area contributed by atoms with Crippen molar-refractivity contribution in [3.05, 3.63) is 0 Å². The van der Waals surface area contributed by atoms with E-state index >= 15 is 0 Å². The van der Waals surface area contributed by atoms with Crippen molar-refractivity contribution in [2.24, 2.45) is 5.92 Å². The second kappa shape index (κ2) is 7.75. The van der Waals surface area contributed by atoms with Gasteiger partial charge in [-0.05, 0) is 31.6 Å². The molecule has 0 spiro atoms. The first-order valence-corrected chi connectivity index (χ1v) is 7.94. The number of nitrogens with one attached hydrogen (secondary N) is 2. The molecule has 2 amide bonds. The first-order chi connectivity index (χ1) is 10.1. The van der Waals surface area contributed by atoms with Crippen LogP contribution < -0.4 is 10.6 Å². The summed E-state index contributed by atoms with van der Waals surface area (Å²) in [6.45, 7) is 2.42. The predicted molar refractivity (Wildman–Crippen MR) is 77.6 cm³/mol. The third kappa shape index (κ3) is 5.28. The summed E-state index contributed by atoms with van der Waals surface area (Å²) in [5.74, 6) is 0.641. The van der Waals surface area contributed by atoms with Crippen molar-refractivity contribution in [2.45, 2.75) is 63.7 Å². The van der Waals surface area contributed by atoms with Crippen LogP contribution in [0, 0.1) is 5.92 Å². The van der Waals surface area contributed by atoms with Crippen LogP contribution in [-0.2, 0) is 14.3 Å². The minimum Gasteiger partial charge on any atom is -0.394 e. The second-order valence-electron chi connectivity index (χ2n) is 6.04. The summed E-state index contributed by atoms with van der Waals surface area (Å²) in [5.41, 5.74) is 0. The van der Waals surface area contributed by atoms with E-state index in [-0.39, 0.29) is 30.6 Å². The van der Waals surface area contributed by atoms with Crippen LogP contribution in [0.25, 0.3) is 0 Å². The van der Waals surface area contributed by atoms with E-state index in [2.05, 4.69) is 10.6 Å². The Morgan fingerprint density at radius 1 is 1.19 bits per heavy atom. The van der Waals surface area contributed by atoms with Crippen LogP contribution in [0.2, 0.25) is 0 Å². The van der Waals surface area contributed by atoms with E-state index in [0.29, 0.717) is 18.8 Å². The number of aliphatic hydroxyl groups is 1. The van der Waals surface area contributed by atoms with Crippen LogP contribution in [0.15, 0.2) is 0 Å². The van der Waals surface area contributed by atoms with Gasteiger partial charge < -0.3 is 20.5 Å². The van der Waals surface area contributed by atoms with Gasteiger partial charge in [-0.15, -0.1) is 0 Å². The number of ether oxygens (including phenoxy) is 1. The zero-order chi connectivity index (χ0) is 15.2. The number of hydrogen-bond donors (Lipinski definition) is 3. The van der Waals surface area contributed by atoms with E-state index in [1.165, 1.54) is 12.8 Å². The molecule has 1 aliphatic carbocycles. The van der Waals surface area contributed by atoms with Crippen LogP contribution in [0.4, 0.5) is 0 Å². The Kier molecular flexibility index (Phi) is 5.99. The lowest BCUT2D eigenvalue weighted by Crippen LogP contribution is -2.51. The Morgan fingerprint density at radius 3 is 2.57 bits per heavy atom. The van der Waals surface area contributed by atoms with E-state index in [0.717, 1.165) is 19.4 Å². The molecule has 1 saturated heterocycles. The molecule has 3 N–H and O–H groups in total. The van der Waals surface area contributed by atoms with Gasteiger partial charge in [0, 0.05) is 13.0 Å². The van der Waals surface area contributed by atoms with Crippen LogP contribution in [0.1, 0.15) is 45.4 Å². The number of rotatable bonds is 7. The summed E-state index contributed by atoms with van der Waals surface area (Å²) in [7, 11) is 0. The fourth-order valence-corrected chi connectivity index (χ4v) is 2.61. The molecule has 6 heteroatoms. The van der Waals surface area contributed by atoms with Gasteiger partial charge in [-0.1, -0.05) is 6.92 Å². The first kappa shape index (κ1) is 16.2. The molecule has 2 fully saturated rings. The molecule has 0 aromatic carbocycles. The van der Waals surface area contributed by atoms with Gasteiger partial charge >= 0.3 is 0 Å². The maximum Gasteiger partial charge on any atom is 0.222 e. The van der Waals surface area contributed by atoms with Crippen LogP contribution in [0.5, 0.6) is 0 Å². The summed E-state index contributed by atoms with van der Waals surface area (Å²) in [4.78, 5) is 23.3. The van der Waals surface area contributed by atoms with Gasteiger partial charge in [0.25, 0.3) is 0 Å². The van der Waals surface area contributed by atoms with Gasteiger partial charge in [0.2, 0.25) is 11.8 Å². The van der Waals surface area contributed by atoms with Gasteiger partial charge in [-0.3, -0.25) is 9.59 Å². The Morgan fingerprint density at radius 2 is 1.95 bits per heavy atom. The van der Waals surface area contributed by atoms with Crippen molar-refractivity contribution in [1.82, 2.24) is 10.6 Å². The fourth-order valence-electron chi connectivity index (χ4n) is 2.61. The van der Waals surface area contributed by atoms with Crippen molar-refractivity contribution < 1.29 is 19.4 Å². The van der Waals surface area contributed by atoms with Gasteiger partial charge in [0.05, 0.1) is 25.2 Å². The largest absolute Gasteiger partial charge is 0.394 e. The number of aliphatic hydroxyl groups excluding tert-OH is 1. The molecule has 2 aliphatic rings. The van der Waals surface area contributed by atoms with Crippen LogP contribution >= 0.6 is 0 Å². The minimum absolute atomic E-state index is 0.0135. The summed E-state index contributed by atoms with van der Waals surface area (Å²) >= 11 is 0. The predicted octanol–water partition coefficient (Wildman–Crippen LogP) is 0.337. The van der Waals surface area contributed by atoms with Crippen molar-refractivity contribution >= 4 is 11.8 Å². The molecule has 21 heavy (non-hydrogen) atoms. The van der Waals surface area contributed by atoms with E-state index < -0.39 is 6.10 Å². The SMILES string of the molecule is CCC(=O)N[C@H]1CC[C@@H](CC(=O)NCC2CC2)O[C@H]1CO. The van der Waals surface area contributed by atoms with Gasteiger partial charge in [0.1, 0.15) is 6.10 Å². The highest BCUT2D eigenvalue weighted by atomic mass is 16.5. The Balaban J connectivity index is 1.73. The average Bonchev–Trinajstić information content (AvgIpc) is 3.30. The molecule has 0 aromatic rings. The average molecular weight is 298 g/mol. The monoisotopic (exact) mass is 298 g/mol. The number of carbonyl (C=O) groups excluding carboxylic acids is 2. The lowest BCUT2D eigenvalue weighted by molar-refractivity contribution is -0.135. The molecule has 3 atom stereocenters. The minimum atomic E-state index is -0.421. The third-order valence-corrected chi connectivity index (χ3v) is 4.16. The number of hydrogen-bond acceptors (Lipinski definition) is 4. The van der Waals surface area contributed by atoms with E-state index in [9.17, 15) is 14.7 Å². The third-order valence-electron chi connectivity index (χ3n) is 4.16. The zero-order valence-corrected chi connectivity index (χ0v) is 12.6. The molecule has 0 aromatic heterocycles. The van der Waals surface area contributed by atoms with Crippen molar-refractivity contribution in [2.75, 3.05) is 13.2 Å². The van der Waals surface area contributed by atoms with E-state index in [4.69, 9.17) is 4.74 Å². The molecular formula is C15H26N2O4. The highest BCUT2D eigenvalue weighted by Gasteiger charge is 2.32. The standard InChI is InChI=1S/C15H26N2O4/c1-2-14(19)17-12-6-5-11(21-13(12)9-18)7-15(20)16-8-10-3-4-10/h10-13,18H,2-9H2,1H3,(H,16,20)(H,17,19)/t11-,12-,13-/m0/s1. The molecule has 1 saturated carbocycles. The molecule has 2 rings (SSSR count). The number of carbonyl (C=O) groups is 2. The Bertz CT molecular complexity index is 371. The number of amides is 2. The molecule has 6 nitrogen and oxygen atoms in total. The fraction of sp³-hybridized carbons (Fsp3) is 0.867. The summed E-state index contributed by atoms with van der Waals surface area (Å²) < 4.78 is 5.76. The summed E-state index contributed by atoms with van der Waals surface area (Å²) in [6, 6.07) is -0.159. The van der Waals surface area contributed by atoms with Crippen molar-refractivity contribution in [1.29, 1.82) is 0 Å². The van der Waals surface area contributed by atoms with Crippen molar-refractivity contribution in [3.63, 3.8) is 0 Å². The summed E-state index contributed by atoms with van der Waals surface area (Å²) in [6.07, 6.45) is 4.04. The van der Waals surface area contributed by atoms with E-state index in [1.54, 1.807) is 6.92 Å². The molecule has 0 unspecified atom stereocenters. The summed E-state index contributed by atoms with van der Waals surface area (Å²) in [5, 5.41) is 15.2. The van der Waals surface area contributed by atoms with Crippen LogP contribution in [0.3, 0.4) is 0 Å². The molecule has 1 heterocycles. The highest BCUT2D eigenvalue weighted by molar-refractivity contribution is 5.76. The maximum atomic E-state index is 11.8. The van der Waals surface area contributed by atoms with Gasteiger partial charge in [0.15, 0.2) is 0 Å². The lowest BCUT2D eigenvalue weighted by atomic mass is 9.97. The lowest BCUT2D eigenvalue weighted by Gasteiger charge is -2.36. The molecule has 0 radical (unpaired) electrons. The van der Waals surface area contributed by atoms with Gasteiger partial charge in [-0.2, -0.15) is 0 Å². The first-order valence-electron chi connectivity index (χ1n) is 7.94. The second-order valence-corrected chi connectivity index (χ2v) is 6.04. The molecule has 120 valence electrons. The Labute approximate surface area is 125 Å². The Hall–Kier alpha value is -1.14. The maximum absolute atomic E-state index is 11.8. The quantitative estimate of drug-likeness (QED) is 0.632. The molecule has 1 aliphatic heterocycles. The smallest absolute Gasteiger partial charge is 0.222 e. The topological polar surface area (TPSA) is 87.7 Å². The van der Waals surface area contributed by atoms with Gasteiger partial charge in [-0.25, -0.2) is 0 Å². The van der Waals surface area contributed by atoms with Crippen LogP contribution in [-0.4, -0.2) is 48.3 Å². The highest BCUT2D eigenvalue weighted by Crippen LogP contribution is 2.27.